The van der Waals surface area contributed by atoms with Crippen LogP contribution in [0.5, 0.6) is 0 Å². The van der Waals surface area contributed by atoms with E-state index in [9.17, 15) is 4.79 Å². The number of carbonyl (C=O) groups is 1. The molecule has 1 aliphatic rings. The van der Waals surface area contributed by atoms with Crippen LogP contribution in [0.4, 0.5) is 11.4 Å². The van der Waals surface area contributed by atoms with Crippen LogP contribution < -0.4 is 11.2 Å². The van der Waals surface area contributed by atoms with Crippen molar-refractivity contribution in [3.63, 3.8) is 0 Å². The zero-order valence-electron chi connectivity index (χ0n) is 10.6. The summed E-state index contributed by atoms with van der Waals surface area (Å²) in [6, 6.07) is 5.12. The molecule has 3 N–H and O–H groups in total. The van der Waals surface area contributed by atoms with Gasteiger partial charge in [0.15, 0.2) is 0 Å². The second-order valence-electron chi connectivity index (χ2n) is 4.45. The molecule has 1 aromatic rings. The SMILES string of the molecule is COC(=O)c1ccc(N)c(NN2CCCCC2)c1. The summed E-state index contributed by atoms with van der Waals surface area (Å²) in [6.45, 7) is 2.00. The number of anilines is 2. The number of piperidine rings is 1. The summed E-state index contributed by atoms with van der Waals surface area (Å²) in [5.41, 5.74) is 11.1. The first-order valence-corrected chi connectivity index (χ1v) is 6.20. The average Bonchev–Trinajstić information content (AvgIpc) is 2.41. The summed E-state index contributed by atoms with van der Waals surface area (Å²) >= 11 is 0. The molecule has 1 heterocycles. The highest BCUT2D eigenvalue weighted by atomic mass is 16.5. The van der Waals surface area contributed by atoms with Crippen molar-refractivity contribution in [2.24, 2.45) is 0 Å². The van der Waals surface area contributed by atoms with Gasteiger partial charge in [0.1, 0.15) is 0 Å². The predicted molar refractivity (Wildman–Crippen MR) is 71.2 cm³/mol. The van der Waals surface area contributed by atoms with E-state index in [0.29, 0.717) is 11.3 Å². The number of benzene rings is 1. The fraction of sp³-hybridized carbons (Fsp3) is 0.462. The molecule has 1 saturated heterocycles. The summed E-state index contributed by atoms with van der Waals surface area (Å²) in [5.74, 6) is -0.350. The minimum absolute atomic E-state index is 0.350. The number of hydrogen-bond donors (Lipinski definition) is 2. The smallest absolute Gasteiger partial charge is 0.337 e. The van der Waals surface area contributed by atoms with Gasteiger partial charge in [0.2, 0.25) is 0 Å². The highest BCUT2D eigenvalue weighted by Crippen LogP contribution is 2.22. The zero-order chi connectivity index (χ0) is 13.0. The third kappa shape index (κ3) is 2.92. The number of hydrogen-bond acceptors (Lipinski definition) is 5. The molecule has 0 radical (unpaired) electrons. The molecule has 1 aliphatic heterocycles. The van der Waals surface area contributed by atoms with Gasteiger partial charge in [-0.3, -0.25) is 0 Å². The number of nitrogens with two attached hydrogens (primary N) is 1. The van der Waals surface area contributed by atoms with Crippen LogP contribution in [-0.2, 0) is 4.74 Å². The molecule has 0 aromatic heterocycles. The summed E-state index contributed by atoms with van der Waals surface area (Å²) in [4.78, 5) is 11.5. The Balaban J connectivity index is 2.12. The van der Waals surface area contributed by atoms with Crippen LogP contribution in [0.3, 0.4) is 0 Å². The Morgan fingerprint density at radius 2 is 2.06 bits per heavy atom. The lowest BCUT2D eigenvalue weighted by Crippen LogP contribution is -2.35. The molecule has 0 atom stereocenters. The van der Waals surface area contributed by atoms with Crippen molar-refractivity contribution >= 4 is 17.3 Å². The van der Waals surface area contributed by atoms with Crippen LogP contribution in [-0.4, -0.2) is 31.2 Å². The number of ether oxygens (including phenoxy) is 1. The summed E-state index contributed by atoms with van der Waals surface area (Å²) in [5, 5.41) is 2.14. The van der Waals surface area contributed by atoms with Gasteiger partial charge < -0.3 is 15.9 Å². The standard InChI is InChI=1S/C13H19N3O2/c1-18-13(17)10-5-6-11(14)12(9-10)15-16-7-3-2-4-8-16/h5-6,9,15H,2-4,7-8,14H2,1H3. The molecule has 0 saturated carbocycles. The Morgan fingerprint density at radius 3 is 2.72 bits per heavy atom. The van der Waals surface area contributed by atoms with E-state index in [4.69, 9.17) is 10.5 Å². The molecule has 98 valence electrons. The maximum atomic E-state index is 11.5. The van der Waals surface area contributed by atoms with Gasteiger partial charge >= 0.3 is 5.97 Å². The molecule has 5 nitrogen and oxygen atoms in total. The van der Waals surface area contributed by atoms with Crippen LogP contribution in [0, 0.1) is 0 Å². The maximum Gasteiger partial charge on any atom is 0.337 e. The van der Waals surface area contributed by atoms with E-state index >= 15 is 0 Å². The second-order valence-corrected chi connectivity index (χ2v) is 4.45. The fourth-order valence-electron chi connectivity index (χ4n) is 2.07. The van der Waals surface area contributed by atoms with Gasteiger partial charge in [0, 0.05) is 13.1 Å². The van der Waals surface area contributed by atoms with Gasteiger partial charge in [-0.25, -0.2) is 9.80 Å². The normalized spacial score (nSPS) is 16.3. The Bertz CT molecular complexity index is 428. The first-order valence-electron chi connectivity index (χ1n) is 6.20. The van der Waals surface area contributed by atoms with Crippen LogP contribution in [0.1, 0.15) is 29.6 Å². The zero-order valence-corrected chi connectivity index (χ0v) is 10.6. The summed E-state index contributed by atoms with van der Waals surface area (Å²) in [7, 11) is 1.37. The number of hydrazine groups is 1. The van der Waals surface area contributed by atoms with Crippen molar-refractivity contribution < 1.29 is 9.53 Å². The molecular formula is C13H19N3O2. The average molecular weight is 249 g/mol. The van der Waals surface area contributed by atoms with Crippen molar-refractivity contribution in [3.8, 4) is 0 Å². The molecule has 5 heteroatoms. The molecule has 2 rings (SSSR count). The Morgan fingerprint density at radius 1 is 1.33 bits per heavy atom. The number of esters is 1. The van der Waals surface area contributed by atoms with Crippen LogP contribution in [0.25, 0.3) is 0 Å². The number of carbonyl (C=O) groups excluding carboxylic acids is 1. The van der Waals surface area contributed by atoms with E-state index in [2.05, 4.69) is 10.4 Å². The van der Waals surface area contributed by atoms with E-state index in [1.54, 1.807) is 18.2 Å². The van der Waals surface area contributed by atoms with E-state index in [1.165, 1.54) is 26.4 Å². The molecular weight excluding hydrogens is 230 g/mol. The van der Waals surface area contributed by atoms with Crippen LogP contribution in [0.15, 0.2) is 18.2 Å². The molecule has 0 bridgehead atoms. The first-order chi connectivity index (χ1) is 8.70. The quantitative estimate of drug-likeness (QED) is 0.632. The van der Waals surface area contributed by atoms with Gasteiger partial charge in [-0.1, -0.05) is 6.42 Å². The van der Waals surface area contributed by atoms with Gasteiger partial charge in [0.25, 0.3) is 0 Å². The third-order valence-corrected chi connectivity index (χ3v) is 3.11. The molecule has 0 spiro atoms. The van der Waals surface area contributed by atoms with Crippen molar-refractivity contribution in [2.75, 3.05) is 31.4 Å². The molecule has 18 heavy (non-hydrogen) atoms. The lowest BCUT2D eigenvalue weighted by atomic mass is 10.1. The monoisotopic (exact) mass is 249 g/mol. The van der Waals surface area contributed by atoms with E-state index in [0.717, 1.165) is 18.8 Å². The predicted octanol–water partition coefficient (Wildman–Crippen LogP) is 1.87. The van der Waals surface area contributed by atoms with Crippen LogP contribution in [0.2, 0.25) is 0 Å². The van der Waals surface area contributed by atoms with Gasteiger partial charge in [0.05, 0.1) is 24.0 Å². The lowest BCUT2D eigenvalue weighted by Gasteiger charge is -2.28. The third-order valence-electron chi connectivity index (χ3n) is 3.11. The number of nitrogen functional groups attached to an aromatic ring is 1. The second kappa shape index (κ2) is 5.73. The highest BCUT2D eigenvalue weighted by Gasteiger charge is 2.13. The van der Waals surface area contributed by atoms with Crippen molar-refractivity contribution in [3.05, 3.63) is 23.8 Å². The number of nitrogens with one attached hydrogen (secondary N) is 1. The Kier molecular flexibility index (Phi) is 4.04. The number of nitrogens with zero attached hydrogens (tertiary/aromatic N) is 1. The topological polar surface area (TPSA) is 67.6 Å². The van der Waals surface area contributed by atoms with E-state index in [1.807, 2.05) is 0 Å². The first kappa shape index (κ1) is 12.7. The lowest BCUT2D eigenvalue weighted by molar-refractivity contribution is 0.0601. The Labute approximate surface area is 107 Å². The van der Waals surface area contributed by atoms with Crippen molar-refractivity contribution in [1.29, 1.82) is 0 Å². The summed E-state index contributed by atoms with van der Waals surface area (Å²) in [6.07, 6.45) is 3.64. The maximum absolute atomic E-state index is 11.5. The molecule has 0 unspecified atom stereocenters. The van der Waals surface area contributed by atoms with Gasteiger partial charge in [-0.2, -0.15) is 0 Å². The van der Waals surface area contributed by atoms with Crippen molar-refractivity contribution in [2.45, 2.75) is 19.3 Å². The Hall–Kier alpha value is -1.75. The molecule has 0 aliphatic carbocycles. The van der Waals surface area contributed by atoms with E-state index in [-0.39, 0.29) is 5.97 Å². The van der Waals surface area contributed by atoms with E-state index < -0.39 is 0 Å². The van der Waals surface area contributed by atoms with Crippen molar-refractivity contribution in [1.82, 2.24) is 5.01 Å². The molecule has 1 aromatic carbocycles. The largest absolute Gasteiger partial charge is 0.465 e. The molecule has 0 amide bonds. The van der Waals surface area contributed by atoms with Gasteiger partial charge in [-0.15, -0.1) is 0 Å². The van der Waals surface area contributed by atoms with Crippen LogP contribution >= 0.6 is 0 Å². The fourth-order valence-corrected chi connectivity index (χ4v) is 2.07. The van der Waals surface area contributed by atoms with Gasteiger partial charge in [-0.05, 0) is 31.0 Å². The number of rotatable bonds is 3. The number of methoxy groups -OCH3 is 1. The molecule has 1 fully saturated rings. The minimum atomic E-state index is -0.350. The minimum Gasteiger partial charge on any atom is -0.465 e. The summed E-state index contributed by atoms with van der Waals surface area (Å²) < 4.78 is 4.70. The highest BCUT2D eigenvalue weighted by molar-refractivity contribution is 5.91.